The zero-order chi connectivity index (χ0) is 20.1. The second-order valence-corrected chi connectivity index (χ2v) is 7.25. The third-order valence-electron chi connectivity index (χ3n) is 4.96. The highest BCUT2D eigenvalue weighted by atomic mass is 16.5. The van der Waals surface area contributed by atoms with E-state index in [0.29, 0.717) is 19.8 Å². The van der Waals surface area contributed by atoms with E-state index in [-0.39, 0.29) is 5.91 Å². The fourth-order valence-corrected chi connectivity index (χ4v) is 3.39. The molecule has 1 N–H and O–H groups in total. The van der Waals surface area contributed by atoms with Crippen LogP contribution in [-0.2, 0) is 9.53 Å². The summed E-state index contributed by atoms with van der Waals surface area (Å²) in [7, 11) is 4.06. The standard InChI is InChI=1S/C21H29N5O2/c1-16-13-18(14-22-23-21(27)15-25-9-11-28-12-10-25)17(2)26(16)20-7-5-19(6-8-20)24(3)4/h5-8,13-14H,9-12,15H2,1-4H3,(H,23,27)/b22-14+. The Kier molecular flexibility index (Phi) is 6.49. The third kappa shape index (κ3) is 4.79. The van der Waals surface area contributed by atoms with Gasteiger partial charge in [0.1, 0.15) is 0 Å². The molecule has 1 aromatic carbocycles. The van der Waals surface area contributed by atoms with E-state index in [1.807, 2.05) is 14.1 Å². The van der Waals surface area contributed by atoms with Crippen molar-refractivity contribution >= 4 is 17.8 Å². The number of aryl methyl sites for hydroxylation is 1. The minimum absolute atomic E-state index is 0.105. The summed E-state index contributed by atoms with van der Waals surface area (Å²) in [5.41, 5.74) is 8.09. The smallest absolute Gasteiger partial charge is 0.254 e. The lowest BCUT2D eigenvalue weighted by Crippen LogP contribution is -2.42. The van der Waals surface area contributed by atoms with Crippen molar-refractivity contribution in [1.82, 2.24) is 14.9 Å². The van der Waals surface area contributed by atoms with E-state index in [1.165, 1.54) is 0 Å². The molecule has 1 aromatic heterocycles. The van der Waals surface area contributed by atoms with Crippen LogP contribution in [0.4, 0.5) is 5.69 Å². The number of rotatable bonds is 6. The highest BCUT2D eigenvalue weighted by molar-refractivity contribution is 5.84. The van der Waals surface area contributed by atoms with Gasteiger partial charge in [-0.05, 0) is 44.2 Å². The van der Waals surface area contributed by atoms with E-state index in [9.17, 15) is 4.79 Å². The van der Waals surface area contributed by atoms with Crippen LogP contribution in [0.2, 0.25) is 0 Å². The molecule has 1 amide bonds. The monoisotopic (exact) mass is 383 g/mol. The van der Waals surface area contributed by atoms with Crippen LogP contribution >= 0.6 is 0 Å². The average molecular weight is 383 g/mol. The Morgan fingerprint density at radius 2 is 1.89 bits per heavy atom. The van der Waals surface area contributed by atoms with Crippen molar-refractivity contribution in [3.8, 4) is 5.69 Å². The lowest BCUT2D eigenvalue weighted by molar-refractivity contribution is -0.123. The molecule has 7 heteroatoms. The van der Waals surface area contributed by atoms with Crippen LogP contribution in [0.15, 0.2) is 35.4 Å². The zero-order valence-corrected chi connectivity index (χ0v) is 17.1. The molecule has 0 radical (unpaired) electrons. The zero-order valence-electron chi connectivity index (χ0n) is 17.1. The maximum Gasteiger partial charge on any atom is 0.254 e. The van der Waals surface area contributed by atoms with Crippen LogP contribution < -0.4 is 10.3 Å². The number of morpholine rings is 1. The van der Waals surface area contributed by atoms with E-state index in [1.54, 1.807) is 6.21 Å². The molecular formula is C21H29N5O2. The van der Waals surface area contributed by atoms with Crippen LogP contribution in [-0.4, -0.2) is 68.5 Å². The molecule has 0 bridgehead atoms. The molecule has 0 aliphatic carbocycles. The fraction of sp³-hybridized carbons (Fsp3) is 0.429. The van der Waals surface area contributed by atoms with Crippen molar-refractivity contribution in [2.45, 2.75) is 13.8 Å². The number of nitrogens with one attached hydrogen (secondary N) is 1. The molecule has 1 aliphatic rings. The van der Waals surface area contributed by atoms with Crippen molar-refractivity contribution in [3.05, 3.63) is 47.3 Å². The van der Waals surface area contributed by atoms with Crippen LogP contribution in [0.3, 0.4) is 0 Å². The molecular weight excluding hydrogens is 354 g/mol. The van der Waals surface area contributed by atoms with Gasteiger partial charge in [-0.2, -0.15) is 5.10 Å². The number of ether oxygens (including phenoxy) is 1. The Balaban J connectivity index is 1.65. The first-order valence-corrected chi connectivity index (χ1v) is 9.54. The quantitative estimate of drug-likeness (QED) is 0.612. The molecule has 1 aliphatic heterocycles. The second kappa shape index (κ2) is 9.03. The minimum Gasteiger partial charge on any atom is -0.379 e. The first kappa shape index (κ1) is 20.1. The van der Waals surface area contributed by atoms with Gasteiger partial charge in [0.25, 0.3) is 5.91 Å². The van der Waals surface area contributed by atoms with Gasteiger partial charge in [0.2, 0.25) is 0 Å². The van der Waals surface area contributed by atoms with Crippen molar-refractivity contribution < 1.29 is 9.53 Å². The Morgan fingerprint density at radius 3 is 2.54 bits per heavy atom. The third-order valence-corrected chi connectivity index (χ3v) is 4.96. The molecule has 0 unspecified atom stereocenters. The molecule has 1 fully saturated rings. The number of amides is 1. The van der Waals surface area contributed by atoms with E-state index >= 15 is 0 Å². The van der Waals surface area contributed by atoms with Gasteiger partial charge in [-0.3, -0.25) is 9.69 Å². The molecule has 2 aromatic rings. The van der Waals surface area contributed by atoms with Gasteiger partial charge >= 0.3 is 0 Å². The summed E-state index contributed by atoms with van der Waals surface area (Å²) in [5.74, 6) is -0.105. The summed E-state index contributed by atoms with van der Waals surface area (Å²) in [6.45, 7) is 7.40. The number of hydrogen-bond donors (Lipinski definition) is 1. The number of nitrogens with zero attached hydrogens (tertiary/aromatic N) is 4. The van der Waals surface area contributed by atoms with Gasteiger partial charge in [-0.25, -0.2) is 5.43 Å². The number of carbonyl (C=O) groups is 1. The molecule has 1 saturated heterocycles. The molecule has 150 valence electrons. The first-order valence-electron chi connectivity index (χ1n) is 9.54. The number of hydrazone groups is 1. The molecule has 3 rings (SSSR count). The molecule has 0 spiro atoms. The van der Waals surface area contributed by atoms with Crippen LogP contribution in [0, 0.1) is 13.8 Å². The molecule has 2 heterocycles. The van der Waals surface area contributed by atoms with E-state index < -0.39 is 0 Å². The van der Waals surface area contributed by atoms with Gasteiger partial charge in [-0.15, -0.1) is 0 Å². The topological polar surface area (TPSA) is 62.1 Å². The molecule has 0 saturated carbocycles. The summed E-state index contributed by atoms with van der Waals surface area (Å²) in [6, 6.07) is 10.5. The highest BCUT2D eigenvalue weighted by Crippen LogP contribution is 2.22. The van der Waals surface area contributed by atoms with Gasteiger partial charge in [0.05, 0.1) is 26.0 Å². The maximum absolute atomic E-state index is 12.1. The Morgan fingerprint density at radius 1 is 1.21 bits per heavy atom. The largest absolute Gasteiger partial charge is 0.379 e. The van der Waals surface area contributed by atoms with Crippen LogP contribution in [0.5, 0.6) is 0 Å². The maximum atomic E-state index is 12.1. The van der Waals surface area contributed by atoms with Gasteiger partial charge in [0, 0.05) is 55.5 Å². The summed E-state index contributed by atoms with van der Waals surface area (Å²) in [4.78, 5) is 16.2. The summed E-state index contributed by atoms with van der Waals surface area (Å²) in [6.07, 6.45) is 1.71. The number of carbonyl (C=O) groups excluding carboxylic acids is 1. The number of benzene rings is 1. The number of anilines is 1. The van der Waals surface area contributed by atoms with Crippen molar-refractivity contribution in [3.63, 3.8) is 0 Å². The Labute approximate surface area is 166 Å². The van der Waals surface area contributed by atoms with E-state index in [2.05, 4.69) is 69.1 Å². The van der Waals surface area contributed by atoms with Gasteiger partial charge in [-0.1, -0.05) is 0 Å². The lowest BCUT2D eigenvalue weighted by atomic mass is 10.2. The normalized spacial score (nSPS) is 15.1. The number of hydrogen-bond acceptors (Lipinski definition) is 5. The predicted octanol–water partition coefficient (Wildman–Crippen LogP) is 1.94. The predicted molar refractivity (Wildman–Crippen MR) is 113 cm³/mol. The van der Waals surface area contributed by atoms with Gasteiger partial charge < -0.3 is 14.2 Å². The first-order chi connectivity index (χ1) is 13.5. The molecule has 28 heavy (non-hydrogen) atoms. The minimum atomic E-state index is -0.105. The fourth-order valence-electron chi connectivity index (χ4n) is 3.39. The second-order valence-electron chi connectivity index (χ2n) is 7.25. The summed E-state index contributed by atoms with van der Waals surface area (Å²) in [5, 5.41) is 4.15. The van der Waals surface area contributed by atoms with Gasteiger partial charge in [0.15, 0.2) is 0 Å². The Hall–Kier alpha value is -2.64. The lowest BCUT2D eigenvalue weighted by Gasteiger charge is -2.25. The Bertz CT molecular complexity index is 833. The van der Waals surface area contributed by atoms with E-state index in [4.69, 9.17) is 4.74 Å². The van der Waals surface area contributed by atoms with Crippen molar-refractivity contribution in [2.75, 3.05) is 51.8 Å². The highest BCUT2D eigenvalue weighted by Gasteiger charge is 2.14. The van der Waals surface area contributed by atoms with Crippen LogP contribution in [0.25, 0.3) is 5.69 Å². The van der Waals surface area contributed by atoms with E-state index in [0.717, 1.165) is 41.4 Å². The van der Waals surface area contributed by atoms with Crippen LogP contribution in [0.1, 0.15) is 17.0 Å². The SMILES string of the molecule is Cc1cc(/C=N/NC(=O)CN2CCOCC2)c(C)n1-c1ccc(N(C)C)cc1. The average Bonchev–Trinajstić information content (AvgIpc) is 2.96. The van der Waals surface area contributed by atoms with Crippen molar-refractivity contribution in [1.29, 1.82) is 0 Å². The molecule has 7 nitrogen and oxygen atoms in total. The number of aromatic nitrogens is 1. The summed E-state index contributed by atoms with van der Waals surface area (Å²) < 4.78 is 7.48. The molecule has 0 atom stereocenters. The van der Waals surface area contributed by atoms with Crippen molar-refractivity contribution in [2.24, 2.45) is 5.10 Å². The summed E-state index contributed by atoms with van der Waals surface area (Å²) >= 11 is 0.